The fourth-order valence-electron chi connectivity index (χ4n) is 1.36. The number of nitrogens with two attached hydrogens (primary N) is 1. The van der Waals surface area contributed by atoms with Gasteiger partial charge in [-0.1, -0.05) is 12.1 Å². The van der Waals surface area contributed by atoms with Crippen molar-refractivity contribution in [3.63, 3.8) is 0 Å². The molecule has 0 radical (unpaired) electrons. The number of primary amides is 1. The van der Waals surface area contributed by atoms with Gasteiger partial charge in [0.05, 0.1) is 12.6 Å². The molecule has 1 unspecified atom stereocenters. The number of hydrogen-bond donors (Lipinski definition) is 2. The largest absolute Gasteiger partial charge is 0.435 e. The predicted octanol–water partition coefficient (Wildman–Crippen LogP) is 0.339. The molecule has 1 aromatic rings. The Morgan fingerprint density at radius 2 is 2.18 bits per heavy atom. The van der Waals surface area contributed by atoms with Crippen LogP contribution in [0.1, 0.15) is 35.6 Å². The fourth-order valence-corrected chi connectivity index (χ4v) is 1.36. The Hall–Kier alpha value is -1.64. The zero-order chi connectivity index (χ0) is 13.2. The molecule has 1 heterocycles. The third kappa shape index (κ3) is 2.54. The van der Waals surface area contributed by atoms with Gasteiger partial charge in [0.15, 0.2) is 11.4 Å². The first-order chi connectivity index (χ1) is 7.82. The molecule has 3 N–H and O–H groups in total. The van der Waals surface area contributed by atoms with Gasteiger partial charge in [-0.15, -0.1) is 5.10 Å². The first-order valence-electron chi connectivity index (χ1n) is 4.75. The monoisotopic (exact) mass is 252 g/mol. The van der Waals surface area contributed by atoms with E-state index in [-0.39, 0.29) is 6.42 Å². The molecule has 6 nitrogen and oxygen atoms in total. The van der Waals surface area contributed by atoms with E-state index in [4.69, 9.17) is 10.8 Å². The lowest BCUT2D eigenvalue weighted by atomic mass is 10.2. The van der Waals surface area contributed by atoms with E-state index in [0.717, 1.165) is 0 Å². The summed E-state index contributed by atoms with van der Waals surface area (Å²) in [6.45, 7) is 1.04. The quantitative estimate of drug-likeness (QED) is 0.807. The van der Waals surface area contributed by atoms with Gasteiger partial charge < -0.3 is 10.8 Å². The summed E-state index contributed by atoms with van der Waals surface area (Å²) >= 11 is 0. The number of alkyl halides is 3. The number of amides is 1. The van der Waals surface area contributed by atoms with Crippen molar-refractivity contribution in [2.75, 3.05) is 6.61 Å². The zero-order valence-electron chi connectivity index (χ0n) is 8.90. The molecule has 9 heteroatoms. The van der Waals surface area contributed by atoms with Crippen LogP contribution in [0.15, 0.2) is 0 Å². The molecule has 0 saturated carbocycles. The summed E-state index contributed by atoms with van der Waals surface area (Å²) < 4.78 is 38.7. The second-order valence-corrected chi connectivity index (χ2v) is 3.34. The zero-order valence-corrected chi connectivity index (χ0v) is 8.90. The Bertz CT molecular complexity index is 411. The second kappa shape index (κ2) is 4.70. The molecule has 1 amide bonds. The minimum absolute atomic E-state index is 0.209. The summed E-state index contributed by atoms with van der Waals surface area (Å²) in [4.78, 5) is 10.8. The van der Waals surface area contributed by atoms with Crippen molar-refractivity contribution in [1.82, 2.24) is 15.0 Å². The number of aliphatic hydroxyl groups is 1. The summed E-state index contributed by atoms with van der Waals surface area (Å²) in [6, 6.07) is -0.896. The van der Waals surface area contributed by atoms with E-state index >= 15 is 0 Å². The van der Waals surface area contributed by atoms with Gasteiger partial charge in [0, 0.05) is 0 Å². The van der Waals surface area contributed by atoms with Crippen LogP contribution in [0.4, 0.5) is 13.2 Å². The smallest absolute Gasteiger partial charge is 0.394 e. The van der Waals surface area contributed by atoms with Crippen LogP contribution in [0.25, 0.3) is 0 Å². The molecule has 0 aromatic carbocycles. The number of aromatic nitrogens is 3. The van der Waals surface area contributed by atoms with E-state index < -0.39 is 36.1 Å². The number of carbonyl (C=O) groups excluding carboxylic acids is 1. The van der Waals surface area contributed by atoms with Crippen molar-refractivity contribution in [2.24, 2.45) is 5.73 Å². The van der Waals surface area contributed by atoms with Crippen LogP contribution < -0.4 is 5.73 Å². The maximum Gasteiger partial charge on any atom is 0.435 e. The standard InChI is InChI=1S/C8H11F3N4O2/c1-2-4(3-16)15-6(8(9,10)11)5(7(12)17)13-14-15/h4,16H,2-3H2,1H3,(H2,12,17). The first-order valence-corrected chi connectivity index (χ1v) is 4.75. The number of carbonyl (C=O) groups is 1. The molecule has 0 aliphatic heterocycles. The molecular formula is C8H11F3N4O2. The number of rotatable bonds is 4. The van der Waals surface area contributed by atoms with Crippen molar-refractivity contribution in [3.05, 3.63) is 11.4 Å². The third-order valence-electron chi connectivity index (χ3n) is 2.22. The summed E-state index contributed by atoms with van der Waals surface area (Å²) in [6.07, 6.45) is -4.60. The number of nitrogens with zero attached hydrogens (tertiary/aromatic N) is 3. The summed E-state index contributed by atoms with van der Waals surface area (Å²) in [5, 5.41) is 15.3. The molecule has 0 aliphatic carbocycles. The Morgan fingerprint density at radius 1 is 1.59 bits per heavy atom. The normalized spacial score (nSPS) is 13.7. The van der Waals surface area contributed by atoms with Crippen molar-refractivity contribution in [2.45, 2.75) is 25.6 Å². The van der Waals surface area contributed by atoms with Crippen molar-refractivity contribution < 1.29 is 23.1 Å². The average molecular weight is 252 g/mol. The van der Waals surface area contributed by atoms with E-state index in [1.165, 1.54) is 0 Å². The topological polar surface area (TPSA) is 94.0 Å². The summed E-state index contributed by atoms with van der Waals surface area (Å²) in [7, 11) is 0. The lowest BCUT2D eigenvalue weighted by Gasteiger charge is -2.16. The van der Waals surface area contributed by atoms with Gasteiger partial charge in [0.2, 0.25) is 0 Å². The fraction of sp³-hybridized carbons (Fsp3) is 0.625. The third-order valence-corrected chi connectivity index (χ3v) is 2.22. The highest BCUT2D eigenvalue weighted by molar-refractivity contribution is 5.91. The number of halogens is 3. The molecule has 1 aromatic heterocycles. The van der Waals surface area contributed by atoms with Gasteiger partial charge >= 0.3 is 6.18 Å². The first kappa shape index (κ1) is 13.4. The van der Waals surface area contributed by atoms with Gasteiger partial charge in [-0.05, 0) is 6.42 Å². The SMILES string of the molecule is CCC(CO)n1nnc(C(N)=O)c1C(F)(F)F. The van der Waals surface area contributed by atoms with Crippen LogP contribution in [-0.4, -0.2) is 32.6 Å². The maximum absolute atomic E-state index is 12.7. The minimum Gasteiger partial charge on any atom is -0.394 e. The van der Waals surface area contributed by atoms with Gasteiger partial charge in [0.1, 0.15) is 0 Å². The van der Waals surface area contributed by atoms with Gasteiger partial charge in [-0.2, -0.15) is 13.2 Å². The van der Waals surface area contributed by atoms with E-state index in [1.807, 2.05) is 0 Å². The summed E-state index contributed by atoms with van der Waals surface area (Å²) in [5.74, 6) is -1.31. The van der Waals surface area contributed by atoms with Crippen LogP contribution in [-0.2, 0) is 6.18 Å². The highest BCUT2D eigenvalue weighted by Crippen LogP contribution is 2.32. The minimum atomic E-state index is -4.81. The van der Waals surface area contributed by atoms with Gasteiger partial charge in [0.25, 0.3) is 5.91 Å². The predicted molar refractivity (Wildman–Crippen MR) is 50.0 cm³/mol. The van der Waals surface area contributed by atoms with Crippen LogP contribution in [0.5, 0.6) is 0 Å². The van der Waals surface area contributed by atoms with E-state index in [0.29, 0.717) is 4.68 Å². The Balaban J connectivity index is 3.37. The highest BCUT2D eigenvalue weighted by atomic mass is 19.4. The molecular weight excluding hydrogens is 241 g/mol. The Kier molecular flexibility index (Phi) is 3.71. The molecule has 96 valence electrons. The number of aliphatic hydroxyl groups excluding tert-OH is 1. The van der Waals surface area contributed by atoms with Crippen LogP contribution in [0.2, 0.25) is 0 Å². The van der Waals surface area contributed by atoms with Gasteiger partial charge in [-0.25, -0.2) is 4.68 Å². The molecule has 0 fully saturated rings. The van der Waals surface area contributed by atoms with Crippen molar-refractivity contribution in [3.8, 4) is 0 Å². The Labute approximate surface area is 94.2 Å². The van der Waals surface area contributed by atoms with E-state index in [1.54, 1.807) is 6.92 Å². The molecule has 0 aliphatic rings. The van der Waals surface area contributed by atoms with Crippen LogP contribution >= 0.6 is 0 Å². The number of hydrogen-bond acceptors (Lipinski definition) is 4. The second-order valence-electron chi connectivity index (χ2n) is 3.34. The van der Waals surface area contributed by atoms with E-state index in [9.17, 15) is 18.0 Å². The van der Waals surface area contributed by atoms with Crippen molar-refractivity contribution >= 4 is 5.91 Å². The lowest BCUT2D eigenvalue weighted by molar-refractivity contribution is -0.145. The van der Waals surface area contributed by atoms with Crippen molar-refractivity contribution in [1.29, 1.82) is 0 Å². The average Bonchev–Trinajstić information content (AvgIpc) is 2.63. The molecule has 1 atom stereocenters. The maximum atomic E-state index is 12.7. The summed E-state index contributed by atoms with van der Waals surface area (Å²) in [5.41, 5.74) is 2.52. The van der Waals surface area contributed by atoms with E-state index in [2.05, 4.69) is 10.3 Å². The molecule has 0 bridgehead atoms. The molecule has 0 saturated heterocycles. The molecule has 1 rings (SSSR count). The highest BCUT2D eigenvalue weighted by Gasteiger charge is 2.42. The molecule has 17 heavy (non-hydrogen) atoms. The molecule has 0 spiro atoms. The lowest BCUT2D eigenvalue weighted by Crippen LogP contribution is -2.25. The van der Waals surface area contributed by atoms with Crippen LogP contribution in [0.3, 0.4) is 0 Å². The Morgan fingerprint density at radius 3 is 2.53 bits per heavy atom. The van der Waals surface area contributed by atoms with Gasteiger partial charge in [-0.3, -0.25) is 4.79 Å². The van der Waals surface area contributed by atoms with Crippen LogP contribution in [0, 0.1) is 0 Å².